The third-order valence-corrected chi connectivity index (χ3v) is 4.45. The Morgan fingerprint density at radius 1 is 1.00 bits per heavy atom. The molecule has 1 aliphatic rings. The summed E-state index contributed by atoms with van der Waals surface area (Å²) in [6.45, 7) is 2.77. The molecule has 7 heteroatoms. The summed E-state index contributed by atoms with van der Waals surface area (Å²) < 4.78 is 1.06. The van der Waals surface area contributed by atoms with Gasteiger partial charge in [0.15, 0.2) is 0 Å². The molecule has 6 nitrogen and oxygen atoms in total. The standard InChI is InChI=1S/C17H25BrN4O2/c18-14-6-4-13(5-7-14)2-1-3-15-17(24)21-11-9-19-8-10-20-16(23)12-22-15/h4-7,15,19,22H,1-3,8-12H2,(H,20,23)(H,21,24). The molecule has 0 radical (unpaired) electrons. The van der Waals surface area contributed by atoms with Crippen LogP contribution in [-0.2, 0) is 16.0 Å². The molecule has 1 heterocycles. The van der Waals surface area contributed by atoms with Crippen molar-refractivity contribution in [3.8, 4) is 0 Å². The van der Waals surface area contributed by atoms with Crippen molar-refractivity contribution >= 4 is 27.7 Å². The molecule has 0 aliphatic carbocycles. The minimum atomic E-state index is -0.342. The summed E-state index contributed by atoms with van der Waals surface area (Å²) in [6, 6.07) is 7.86. The number of benzene rings is 1. The van der Waals surface area contributed by atoms with E-state index in [4.69, 9.17) is 0 Å². The van der Waals surface area contributed by atoms with Crippen LogP contribution in [0.2, 0.25) is 0 Å². The SMILES string of the molecule is O=C1CNC(CCCc2ccc(Br)cc2)C(=O)NCCNCCN1. The molecule has 0 spiro atoms. The Hall–Kier alpha value is -1.44. The number of aryl methyl sites for hydroxylation is 1. The van der Waals surface area contributed by atoms with Crippen LogP contribution < -0.4 is 21.3 Å². The zero-order valence-corrected chi connectivity index (χ0v) is 15.3. The predicted molar refractivity (Wildman–Crippen MR) is 97.8 cm³/mol. The maximum Gasteiger partial charge on any atom is 0.237 e. The largest absolute Gasteiger partial charge is 0.354 e. The Balaban J connectivity index is 1.84. The van der Waals surface area contributed by atoms with Crippen molar-refractivity contribution in [2.75, 3.05) is 32.7 Å². The molecule has 1 atom stereocenters. The Morgan fingerprint density at radius 3 is 2.46 bits per heavy atom. The van der Waals surface area contributed by atoms with Gasteiger partial charge in [-0.25, -0.2) is 0 Å². The first-order chi connectivity index (χ1) is 11.6. The van der Waals surface area contributed by atoms with Gasteiger partial charge >= 0.3 is 0 Å². The zero-order chi connectivity index (χ0) is 17.2. The molecule has 2 amide bonds. The first kappa shape index (κ1) is 18.9. The zero-order valence-electron chi connectivity index (χ0n) is 13.7. The van der Waals surface area contributed by atoms with Crippen molar-refractivity contribution < 1.29 is 9.59 Å². The van der Waals surface area contributed by atoms with Gasteiger partial charge in [0.05, 0.1) is 12.6 Å². The van der Waals surface area contributed by atoms with Gasteiger partial charge in [0.2, 0.25) is 11.8 Å². The van der Waals surface area contributed by atoms with Crippen LogP contribution in [-0.4, -0.2) is 50.6 Å². The average molecular weight is 397 g/mol. The van der Waals surface area contributed by atoms with Gasteiger partial charge in [-0.15, -0.1) is 0 Å². The van der Waals surface area contributed by atoms with Gasteiger partial charge in [0, 0.05) is 30.7 Å². The summed E-state index contributed by atoms with van der Waals surface area (Å²) in [5.41, 5.74) is 1.24. The molecule has 2 rings (SSSR count). The summed E-state index contributed by atoms with van der Waals surface area (Å²) in [5.74, 6) is -0.121. The van der Waals surface area contributed by atoms with Gasteiger partial charge in [-0.2, -0.15) is 0 Å². The van der Waals surface area contributed by atoms with E-state index < -0.39 is 0 Å². The second-order valence-corrected chi connectivity index (χ2v) is 6.76. The molecular weight excluding hydrogens is 372 g/mol. The molecular formula is C17H25BrN4O2. The highest BCUT2D eigenvalue weighted by molar-refractivity contribution is 9.10. The lowest BCUT2D eigenvalue weighted by Crippen LogP contribution is -2.50. The second kappa shape index (κ2) is 10.4. The molecule has 0 saturated carbocycles. The summed E-state index contributed by atoms with van der Waals surface area (Å²) in [6.07, 6.45) is 2.49. The number of halogens is 1. The molecule has 132 valence electrons. The first-order valence-electron chi connectivity index (χ1n) is 8.38. The fourth-order valence-electron chi connectivity index (χ4n) is 2.58. The molecule has 0 bridgehead atoms. The third kappa shape index (κ3) is 6.98. The number of hydrogen-bond donors (Lipinski definition) is 4. The molecule has 1 fully saturated rings. The van der Waals surface area contributed by atoms with E-state index in [0.29, 0.717) is 32.6 Å². The van der Waals surface area contributed by atoms with E-state index in [2.05, 4.69) is 49.3 Å². The fourth-order valence-corrected chi connectivity index (χ4v) is 2.84. The lowest BCUT2D eigenvalue weighted by atomic mass is 10.0. The summed E-state index contributed by atoms with van der Waals surface area (Å²) in [4.78, 5) is 24.0. The second-order valence-electron chi connectivity index (χ2n) is 5.84. The third-order valence-electron chi connectivity index (χ3n) is 3.92. The lowest BCUT2D eigenvalue weighted by Gasteiger charge is -2.19. The van der Waals surface area contributed by atoms with Gasteiger partial charge in [-0.05, 0) is 37.0 Å². The number of carbonyl (C=O) groups excluding carboxylic acids is 2. The Bertz CT molecular complexity index is 536. The number of nitrogens with one attached hydrogen (secondary N) is 4. The van der Waals surface area contributed by atoms with Crippen molar-refractivity contribution in [1.29, 1.82) is 0 Å². The maximum atomic E-state index is 12.3. The molecule has 0 aromatic heterocycles. The van der Waals surface area contributed by atoms with Crippen molar-refractivity contribution in [2.45, 2.75) is 25.3 Å². The molecule has 1 aromatic carbocycles. The van der Waals surface area contributed by atoms with E-state index in [-0.39, 0.29) is 24.4 Å². The van der Waals surface area contributed by atoms with Crippen LogP contribution in [0.3, 0.4) is 0 Å². The van der Waals surface area contributed by atoms with Crippen LogP contribution in [0, 0.1) is 0 Å². The predicted octanol–water partition coefficient (Wildman–Crippen LogP) is 0.566. The number of amides is 2. The van der Waals surface area contributed by atoms with Crippen LogP contribution in [0.15, 0.2) is 28.7 Å². The Morgan fingerprint density at radius 2 is 1.71 bits per heavy atom. The normalized spacial score (nSPS) is 20.5. The maximum absolute atomic E-state index is 12.3. The van der Waals surface area contributed by atoms with Crippen LogP contribution in [0.1, 0.15) is 18.4 Å². The van der Waals surface area contributed by atoms with Gasteiger partial charge in [0.1, 0.15) is 0 Å². The topological polar surface area (TPSA) is 82.3 Å². The molecule has 1 saturated heterocycles. The molecule has 1 aliphatic heterocycles. The van der Waals surface area contributed by atoms with Gasteiger partial charge < -0.3 is 16.0 Å². The fraction of sp³-hybridized carbons (Fsp3) is 0.529. The minimum absolute atomic E-state index is 0.0408. The van der Waals surface area contributed by atoms with E-state index in [9.17, 15) is 9.59 Å². The van der Waals surface area contributed by atoms with E-state index in [0.717, 1.165) is 17.3 Å². The van der Waals surface area contributed by atoms with Crippen LogP contribution in [0.25, 0.3) is 0 Å². The van der Waals surface area contributed by atoms with Crippen LogP contribution in [0.5, 0.6) is 0 Å². The highest BCUT2D eigenvalue weighted by Gasteiger charge is 2.18. The van der Waals surface area contributed by atoms with Crippen LogP contribution >= 0.6 is 15.9 Å². The first-order valence-corrected chi connectivity index (χ1v) is 9.17. The Labute approximate surface area is 151 Å². The quantitative estimate of drug-likeness (QED) is 0.599. The van der Waals surface area contributed by atoms with Gasteiger partial charge in [-0.3, -0.25) is 14.9 Å². The van der Waals surface area contributed by atoms with Crippen molar-refractivity contribution in [3.05, 3.63) is 34.3 Å². The molecule has 1 unspecified atom stereocenters. The van der Waals surface area contributed by atoms with E-state index in [1.807, 2.05) is 12.1 Å². The highest BCUT2D eigenvalue weighted by atomic mass is 79.9. The molecule has 1 aromatic rings. The number of carbonyl (C=O) groups is 2. The average Bonchev–Trinajstić information content (AvgIpc) is 2.57. The molecule has 24 heavy (non-hydrogen) atoms. The Kier molecular flexibility index (Phi) is 8.21. The van der Waals surface area contributed by atoms with Gasteiger partial charge in [-0.1, -0.05) is 28.1 Å². The van der Waals surface area contributed by atoms with Gasteiger partial charge in [0.25, 0.3) is 0 Å². The summed E-state index contributed by atoms with van der Waals surface area (Å²) in [7, 11) is 0. The monoisotopic (exact) mass is 396 g/mol. The summed E-state index contributed by atoms with van der Waals surface area (Å²) in [5, 5.41) is 12.0. The lowest BCUT2D eigenvalue weighted by molar-refractivity contribution is -0.124. The number of rotatable bonds is 4. The van der Waals surface area contributed by atoms with Crippen LogP contribution in [0.4, 0.5) is 0 Å². The van der Waals surface area contributed by atoms with E-state index >= 15 is 0 Å². The summed E-state index contributed by atoms with van der Waals surface area (Å²) >= 11 is 3.43. The van der Waals surface area contributed by atoms with Crippen molar-refractivity contribution in [2.24, 2.45) is 0 Å². The molecule has 4 N–H and O–H groups in total. The van der Waals surface area contributed by atoms with Crippen molar-refractivity contribution in [1.82, 2.24) is 21.3 Å². The van der Waals surface area contributed by atoms with E-state index in [1.54, 1.807) is 0 Å². The van der Waals surface area contributed by atoms with Crippen molar-refractivity contribution in [3.63, 3.8) is 0 Å². The minimum Gasteiger partial charge on any atom is -0.354 e. The van der Waals surface area contributed by atoms with E-state index in [1.165, 1.54) is 5.56 Å². The number of hydrogen-bond acceptors (Lipinski definition) is 4. The smallest absolute Gasteiger partial charge is 0.237 e. The highest BCUT2D eigenvalue weighted by Crippen LogP contribution is 2.13.